The molecule has 2 heterocycles. The van der Waals surface area contributed by atoms with Crippen LogP contribution in [0.15, 0.2) is 24.3 Å². The Morgan fingerprint density at radius 3 is 2.78 bits per heavy atom. The summed E-state index contributed by atoms with van der Waals surface area (Å²) in [4.78, 5) is 25.2. The second kappa shape index (κ2) is 6.45. The Morgan fingerprint density at radius 2 is 2.17 bits per heavy atom. The van der Waals surface area contributed by atoms with Gasteiger partial charge in [0.15, 0.2) is 0 Å². The van der Waals surface area contributed by atoms with Crippen LogP contribution in [0.3, 0.4) is 0 Å². The highest BCUT2D eigenvalue weighted by atomic mass is 16.5. The highest BCUT2D eigenvalue weighted by Crippen LogP contribution is 2.26. The van der Waals surface area contributed by atoms with Crippen LogP contribution in [0.1, 0.15) is 13.3 Å². The lowest BCUT2D eigenvalue weighted by Crippen LogP contribution is -2.38. The van der Waals surface area contributed by atoms with E-state index in [9.17, 15) is 9.59 Å². The van der Waals surface area contributed by atoms with E-state index in [-0.39, 0.29) is 17.5 Å². The summed E-state index contributed by atoms with van der Waals surface area (Å²) in [7, 11) is 0. The number of amides is 4. The Kier molecular flexibility index (Phi) is 4.38. The van der Waals surface area contributed by atoms with Gasteiger partial charge in [-0.25, -0.2) is 9.59 Å². The van der Waals surface area contributed by atoms with Gasteiger partial charge in [0.1, 0.15) is 0 Å². The number of urea groups is 2. The number of hydrogen-bond donors (Lipinski definition) is 3. The zero-order chi connectivity index (χ0) is 16.3. The van der Waals surface area contributed by atoms with Crippen molar-refractivity contribution in [2.45, 2.75) is 13.3 Å². The minimum atomic E-state index is -0.232. The van der Waals surface area contributed by atoms with E-state index in [0.717, 1.165) is 18.7 Å². The molecule has 1 aromatic rings. The molecule has 1 aromatic carbocycles. The molecule has 2 saturated heterocycles. The lowest BCUT2D eigenvalue weighted by molar-refractivity contribution is 0.159. The molecule has 0 aliphatic carbocycles. The fourth-order valence-corrected chi connectivity index (χ4v) is 2.76. The summed E-state index contributed by atoms with van der Waals surface area (Å²) in [6, 6.07) is 6.92. The molecule has 0 saturated carbocycles. The third-order valence-corrected chi connectivity index (χ3v) is 4.27. The maximum atomic E-state index is 12.0. The molecule has 4 amide bonds. The second-order valence-electron chi connectivity index (χ2n) is 6.35. The van der Waals surface area contributed by atoms with Crippen LogP contribution in [-0.4, -0.2) is 44.9 Å². The zero-order valence-corrected chi connectivity index (χ0v) is 13.2. The fraction of sp³-hybridized carbons (Fsp3) is 0.500. The summed E-state index contributed by atoms with van der Waals surface area (Å²) in [6.07, 6.45) is 0.958. The second-order valence-corrected chi connectivity index (χ2v) is 6.35. The number of nitrogens with zero attached hydrogens (tertiary/aromatic N) is 1. The molecular weight excluding hydrogens is 296 g/mol. The number of carbonyl (C=O) groups is 2. The van der Waals surface area contributed by atoms with E-state index in [0.29, 0.717) is 31.9 Å². The molecule has 124 valence electrons. The van der Waals surface area contributed by atoms with E-state index >= 15 is 0 Å². The lowest BCUT2D eigenvalue weighted by Gasteiger charge is -2.22. The van der Waals surface area contributed by atoms with Crippen LogP contribution in [0.25, 0.3) is 0 Å². The SMILES string of the molecule is CC1(CNC(=O)Nc2ccc(N3CCNC3=O)cc2)CCOC1. The molecular formula is C16H22N4O3. The maximum Gasteiger partial charge on any atom is 0.321 e. The molecule has 3 N–H and O–H groups in total. The summed E-state index contributed by atoms with van der Waals surface area (Å²) < 4.78 is 5.37. The van der Waals surface area contributed by atoms with E-state index < -0.39 is 0 Å². The van der Waals surface area contributed by atoms with Crippen LogP contribution >= 0.6 is 0 Å². The summed E-state index contributed by atoms with van der Waals surface area (Å²) in [6.45, 7) is 5.45. The minimum absolute atomic E-state index is 0.0182. The highest BCUT2D eigenvalue weighted by molar-refractivity contribution is 5.94. The number of anilines is 2. The topological polar surface area (TPSA) is 82.7 Å². The molecule has 2 aliphatic rings. The molecule has 7 heteroatoms. The molecule has 2 aliphatic heterocycles. The lowest BCUT2D eigenvalue weighted by atomic mass is 9.90. The van der Waals surface area contributed by atoms with Crippen molar-refractivity contribution in [1.29, 1.82) is 0 Å². The van der Waals surface area contributed by atoms with Gasteiger partial charge in [-0.1, -0.05) is 6.92 Å². The van der Waals surface area contributed by atoms with Crippen molar-refractivity contribution in [2.75, 3.05) is 43.1 Å². The van der Waals surface area contributed by atoms with Crippen molar-refractivity contribution < 1.29 is 14.3 Å². The molecule has 1 unspecified atom stereocenters. The molecule has 0 radical (unpaired) electrons. The number of carbonyl (C=O) groups excluding carboxylic acids is 2. The largest absolute Gasteiger partial charge is 0.381 e. The van der Waals surface area contributed by atoms with Gasteiger partial charge < -0.3 is 20.7 Å². The normalized spacial score (nSPS) is 23.7. The predicted octanol–water partition coefficient (Wildman–Crippen LogP) is 1.76. The zero-order valence-electron chi connectivity index (χ0n) is 13.2. The van der Waals surface area contributed by atoms with Gasteiger partial charge in [0.25, 0.3) is 0 Å². The molecule has 23 heavy (non-hydrogen) atoms. The average molecular weight is 318 g/mol. The van der Waals surface area contributed by atoms with Crippen LogP contribution in [-0.2, 0) is 4.74 Å². The van der Waals surface area contributed by atoms with Gasteiger partial charge in [-0.05, 0) is 30.7 Å². The van der Waals surface area contributed by atoms with Crippen molar-refractivity contribution in [3.05, 3.63) is 24.3 Å². The van der Waals surface area contributed by atoms with E-state index in [1.807, 2.05) is 12.1 Å². The van der Waals surface area contributed by atoms with Crippen LogP contribution in [0.2, 0.25) is 0 Å². The third kappa shape index (κ3) is 3.73. The molecule has 3 rings (SSSR count). The fourth-order valence-electron chi connectivity index (χ4n) is 2.76. The van der Waals surface area contributed by atoms with E-state index in [4.69, 9.17) is 4.74 Å². The Hall–Kier alpha value is -2.28. The smallest absolute Gasteiger partial charge is 0.321 e. The summed E-state index contributed by atoms with van der Waals surface area (Å²) in [5.41, 5.74) is 1.53. The number of hydrogen-bond acceptors (Lipinski definition) is 3. The van der Waals surface area contributed by atoms with E-state index in [2.05, 4.69) is 22.9 Å². The third-order valence-electron chi connectivity index (χ3n) is 4.27. The molecule has 0 aromatic heterocycles. The van der Waals surface area contributed by atoms with Gasteiger partial charge >= 0.3 is 12.1 Å². The number of nitrogens with one attached hydrogen (secondary N) is 3. The molecule has 2 fully saturated rings. The van der Waals surface area contributed by atoms with Gasteiger partial charge in [0.2, 0.25) is 0 Å². The van der Waals surface area contributed by atoms with Crippen molar-refractivity contribution in [3.8, 4) is 0 Å². The average Bonchev–Trinajstić information content (AvgIpc) is 3.16. The Balaban J connectivity index is 1.51. The first-order valence-corrected chi connectivity index (χ1v) is 7.84. The summed E-state index contributed by atoms with van der Waals surface area (Å²) in [5, 5.41) is 8.45. The van der Waals surface area contributed by atoms with Crippen molar-refractivity contribution >= 4 is 23.4 Å². The summed E-state index contributed by atoms with van der Waals surface area (Å²) in [5.74, 6) is 0. The van der Waals surface area contributed by atoms with Gasteiger partial charge in [-0.15, -0.1) is 0 Å². The maximum absolute atomic E-state index is 12.0. The van der Waals surface area contributed by atoms with Crippen LogP contribution in [0, 0.1) is 5.41 Å². The highest BCUT2D eigenvalue weighted by Gasteiger charge is 2.30. The molecule has 0 spiro atoms. The van der Waals surface area contributed by atoms with Gasteiger partial charge in [-0.2, -0.15) is 0 Å². The Bertz CT molecular complexity index is 581. The quantitative estimate of drug-likeness (QED) is 0.791. The molecule has 7 nitrogen and oxygen atoms in total. The van der Waals surface area contributed by atoms with Crippen LogP contribution < -0.4 is 20.9 Å². The molecule has 1 atom stereocenters. The first-order chi connectivity index (χ1) is 11.1. The first-order valence-electron chi connectivity index (χ1n) is 7.84. The van der Waals surface area contributed by atoms with Gasteiger partial charge in [0.05, 0.1) is 6.61 Å². The van der Waals surface area contributed by atoms with E-state index in [1.54, 1.807) is 17.0 Å². The van der Waals surface area contributed by atoms with Crippen molar-refractivity contribution in [3.63, 3.8) is 0 Å². The number of ether oxygens (including phenoxy) is 1. The Morgan fingerprint density at radius 1 is 1.39 bits per heavy atom. The Labute approximate surface area is 135 Å². The molecule has 0 bridgehead atoms. The van der Waals surface area contributed by atoms with Crippen LogP contribution in [0.4, 0.5) is 21.0 Å². The number of rotatable bonds is 4. The predicted molar refractivity (Wildman–Crippen MR) is 87.8 cm³/mol. The minimum Gasteiger partial charge on any atom is -0.381 e. The van der Waals surface area contributed by atoms with Crippen molar-refractivity contribution in [2.24, 2.45) is 5.41 Å². The van der Waals surface area contributed by atoms with Gasteiger partial charge in [0, 0.05) is 43.0 Å². The first kappa shape index (κ1) is 15.6. The van der Waals surface area contributed by atoms with Gasteiger partial charge in [-0.3, -0.25) is 4.90 Å². The van der Waals surface area contributed by atoms with Crippen molar-refractivity contribution in [1.82, 2.24) is 10.6 Å². The standard InChI is InChI=1S/C16H22N4O3/c1-16(6-9-23-11-16)10-18-14(21)19-12-2-4-13(5-3-12)20-8-7-17-15(20)22/h2-5H,6-11H2,1H3,(H,17,22)(H2,18,19,21). The summed E-state index contributed by atoms with van der Waals surface area (Å²) >= 11 is 0. The monoisotopic (exact) mass is 318 g/mol. The van der Waals surface area contributed by atoms with Crippen LogP contribution in [0.5, 0.6) is 0 Å². The van der Waals surface area contributed by atoms with E-state index in [1.165, 1.54) is 0 Å². The number of benzene rings is 1.